The van der Waals surface area contributed by atoms with E-state index < -0.39 is 18.2 Å². The highest BCUT2D eigenvalue weighted by Crippen LogP contribution is 2.17. The molecule has 0 saturated heterocycles. The minimum Gasteiger partial charge on any atom is -0.468 e. The van der Waals surface area contributed by atoms with E-state index in [1.54, 1.807) is 13.3 Å². The third-order valence-electron chi connectivity index (χ3n) is 6.01. The monoisotopic (exact) mass is 536 g/mol. The molecule has 2 amide bonds. The molecule has 1 heterocycles. The van der Waals surface area contributed by atoms with Crippen LogP contribution in [-0.2, 0) is 33.1 Å². The van der Waals surface area contributed by atoms with Gasteiger partial charge in [0.25, 0.3) is 0 Å². The molecule has 0 aliphatic carbocycles. The number of nitrogens with one attached hydrogen (secondary N) is 1. The summed E-state index contributed by atoms with van der Waals surface area (Å²) in [6.45, 7) is 4.09. The molecule has 7 nitrogen and oxygen atoms in total. The molecule has 0 bridgehead atoms. The molecule has 2 atom stereocenters. The summed E-state index contributed by atoms with van der Waals surface area (Å²) < 4.78 is 10.8. The van der Waals surface area contributed by atoms with Gasteiger partial charge in [-0.3, -0.25) is 14.5 Å². The van der Waals surface area contributed by atoms with Crippen molar-refractivity contribution in [3.8, 4) is 0 Å². The molecule has 1 N–H and O–H groups in total. The van der Waals surface area contributed by atoms with Gasteiger partial charge in [0.15, 0.2) is 5.78 Å². The lowest BCUT2D eigenvalue weighted by molar-refractivity contribution is -0.130. The molecule has 8 heteroatoms. The average molecular weight is 537 g/mol. The number of nitrogens with zero attached hydrogens (tertiary/aromatic N) is 1. The molecule has 38 heavy (non-hydrogen) atoms. The van der Waals surface area contributed by atoms with Crippen molar-refractivity contribution in [1.82, 2.24) is 10.2 Å². The predicted octanol–water partition coefficient (Wildman–Crippen LogP) is 5.49. The number of thioether (sulfide) groups is 1. The summed E-state index contributed by atoms with van der Waals surface area (Å²) in [4.78, 5) is 41.0. The normalized spacial score (nSPS) is 12.5. The van der Waals surface area contributed by atoms with E-state index in [2.05, 4.69) is 5.32 Å². The maximum Gasteiger partial charge on any atom is 0.410 e. The Kier molecular flexibility index (Phi) is 11.5. The summed E-state index contributed by atoms with van der Waals surface area (Å²) in [6.07, 6.45) is 1.81. The highest BCUT2D eigenvalue weighted by molar-refractivity contribution is 7.99. The van der Waals surface area contributed by atoms with Gasteiger partial charge < -0.3 is 14.5 Å². The first-order valence-corrected chi connectivity index (χ1v) is 13.9. The average Bonchev–Trinajstić information content (AvgIpc) is 3.44. The first-order valence-electron chi connectivity index (χ1n) is 12.7. The second kappa shape index (κ2) is 15.0. The number of ether oxygens (including phenoxy) is 1. The Morgan fingerprint density at radius 2 is 1.61 bits per heavy atom. The summed E-state index contributed by atoms with van der Waals surface area (Å²) in [5.74, 6) is 1.26. The smallest absolute Gasteiger partial charge is 0.410 e. The number of amides is 2. The summed E-state index contributed by atoms with van der Waals surface area (Å²) in [5.41, 5.74) is 1.80. The van der Waals surface area contributed by atoms with Gasteiger partial charge in [-0.1, -0.05) is 74.5 Å². The molecule has 3 rings (SSSR count). The number of carbonyl (C=O) groups excluding carboxylic acids is 3. The van der Waals surface area contributed by atoms with Gasteiger partial charge in [0.05, 0.1) is 23.8 Å². The van der Waals surface area contributed by atoms with E-state index in [1.807, 2.05) is 86.6 Å². The summed E-state index contributed by atoms with van der Waals surface area (Å²) in [6, 6.07) is 21.1. The fraction of sp³-hybridized carbons (Fsp3) is 0.367. The molecule has 3 aromatic rings. The van der Waals surface area contributed by atoms with E-state index in [4.69, 9.17) is 9.15 Å². The summed E-state index contributed by atoms with van der Waals surface area (Å²) in [7, 11) is 1.56. The van der Waals surface area contributed by atoms with Crippen LogP contribution in [0.4, 0.5) is 4.79 Å². The number of carbonyl (C=O) groups is 3. The Morgan fingerprint density at radius 1 is 0.947 bits per heavy atom. The van der Waals surface area contributed by atoms with E-state index in [1.165, 1.54) is 16.7 Å². The standard InChI is InChI=1S/C30H36N2O5S/c1-22(2)17-27(32(3)30(35)37-19-24-13-8-5-9-14-24)29(34)31-26(18-23-11-6-4-7-12-23)28(33)21-38-20-25-15-10-16-36-25/h4-16,22,26-27H,17-21H2,1-3H3,(H,31,34)/t26-,27-/m0/s1. The van der Waals surface area contributed by atoms with Crippen LogP contribution >= 0.6 is 11.8 Å². The van der Waals surface area contributed by atoms with E-state index in [0.717, 1.165) is 16.9 Å². The lowest BCUT2D eigenvalue weighted by atomic mass is 9.99. The van der Waals surface area contributed by atoms with Crippen molar-refractivity contribution in [3.05, 3.63) is 95.9 Å². The molecule has 0 aliphatic heterocycles. The molecule has 0 aliphatic rings. The van der Waals surface area contributed by atoms with E-state index in [9.17, 15) is 14.4 Å². The predicted molar refractivity (Wildman–Crippen MR) is 150 cm³/mol. The zero-order valence-corrected chi connectivity index (χ0v) is 23.0. The fourth-order valence-corrected chi connectivity index (χ4v) is 4.82. The molecule has 1 aromatic heterocycles. The van der Waals surface area contributed by atoms with Crippen molar-refractivity contribution in [2.24, 2.45) is 5.92 Å². The van der Waals surface area contributed by atoms with Gasteiger partial charge in [0.1, 0.15) is 18.4 Å². The van der Waals surface area contributed by atoms with Crippen LogP contribution in [0.25, 0.3) is 0 Å². The number of likely N-dealkylation sites (N-methyl/N-ethyl adjacent to an activating group) is 1. The van der Waals surface area contributed by atoms with Crippen molar-refractivity contribution >= 4 is 29.5 Å². The van der Waals surface area contributed by atoms with Gasteiger partial charge in [0, 0.05) is 7.05 Å². The Labute approximate surface area is 228 Å². The van der Waals surface area contributed by atoms with Crippen LogP contribution in [0.1, 0.15) is 37.2 Å². The van der Waals surface area contributed by atoms with Crippen molar-refractivity contribution in [2.75, 3.05) is 12.8 Å². The topological polar surface area (TPSA) is 88.9 Å². The summed E-state index contributed by atoms with van der Waals surface area (Å²) >= 11 is 1.44. The van der Waals surface area contributed by atoms with Crippen LogP contribution in [0.2, 0.25) is 0 Å². The van der Waals surface area contributed by atoms with Gasteiger partial charge in [-0.2, -0.15) is 0 Å². The van der Waals surface area contributed by atoms with E-state index in [-0.39, 0.29) is 30.0 Å². The van der Waals surface area contributed by atoms with Crippen LogP contribution in [0.15, 0.2) is 83.5 Å². The van der Waals surface area contributed by atoms with Crippen molar-refractivity contribution in [2.45, 2.75) is 51.1 Å². The second-order valence-corrected chi connectivity index (χ2v) is 10.6. The molecule has 0 saturated carbocycles. The molecular formula is C30H36N2O5S. The number of hydrogen-bond donors (Lipinski definition) is 1. The third-order valence-corrected chi connectivity index (χ3v) is 6.99. The van der Waals surface area contributed by atoms with Crippen LogP contribution in [0.3, 0.4) is 0 Å². The minimum atomic E-state index is -0.778. The molecular weight excluding hydrogens is 500 g/mol. The van der Waals surface area contributed by atoms with E-state index >= 15 is 0 Å². The van der Waals surface area contributed by atoms with Crippen LogP contribution in [0, 0.1) is 5.92 Å². The lowest BCUT2D eigenvalue weighted by Gasteiger charge is -2.29. The largest absolute Gasteiger partial charge is 0.468 e. The quantitative estimate of drug-likeness (QED) is 0.293. The highest BCUT2D eigenvalue weighted by atomic mass is 32.2. The Balaban J connectivity index is 1.68. The maximum absolute atomic E-state index is 13.5. The zero-order chi connectivity index (χ0) is 27.3. The number of ketones is 1. The van der Waals surface area contributed by atoms with Crippen molar-refractivity contribution in [3.63, 3.8) is 0 Å². The van der Waals surface area contributed by atoms with Crippen LogP contribution in [0.5, 0.6) is 0 Å². The molecule has 0 unspecified atom stereocenters. The fourth-order valence-electron chi connectivity index (χ4n) is 3.95. The second-order valence-electron chi connectivity index (χ2n) is 9.59. The van der Waals surface area contributed by atoms with Crippen molar-refractivity contribution < 1.29 is 23.5 Å². The Hall–Kier alpha value is -3.52. The van der Waals surface area contributed by atoms with Gasteiger partial charge >= 0.3 is 6.09 Å². The van der Waals surface area contributed by atoms with Crippen molar-refractivity contribution in [1.29, 1.82) is 0 Å². The number of rotatable bonds is 14. The first-order chi connectivity index (χ1) is 18.3. The van der Waals surface area contributed by atoms with Crippen LogP contribution in [-0.4, -0.2) is 47.6 Å². The van der Waals surface area contributed by atoms with E-state index in [0.29, 0.717) is 18.6 Å². The number of benzene rings is 2. The van der Waals surface area contributed by atoms with Gasteiger partial charge in [0.2, 0.25) is 5.91 Å². The zero-order valence-electron chi connectivity index (χ0n) is 22.2. The number of Topliss-reactive ketones (excluding diaryl/α,β-unsaturated/α-hetero) is 1. The third kappa shape index (κ3) is 9.41. The summed E-state index contributed by atoms with van der Waals surface area (Å²) in [5, 5.41) is 2.95. The van der Waals surface area contributed by atoms with Gasteiger partial charge in [-0.15, -0.1) is 11.8 Å². The van der Waals surface area contributed by atoms with Crippen LogP contribution < -0.4 is 5.32 Å². The minimum absolute atomic E-state index is 0.0867. The highest BCUT2D eigenvalue weighted by Gasteiger charge is 2.32. The van der Waals surface area contributed by atoms with Gasteiger partial charge in [-0.25, -0.2) is 4.79 Å². The number of furan rings is 1. The molecule has 0 spiro atoms. The maximum atomic E-state index is 13.5. The molecule has 0 fully saturated rings. The molecule has 202 valence electrons. The molecule has 0 radical (unpaired) electrons. The Bertz CT molecular complexity index is 1140. The SMILES string of the molecule is CC(C)C[C@@H](C(=O)N[C@@H](Cc1ccccc1)C(=O)CSCc1ccco1)N(C)C(=O)OCc1ccccc1. The van der Waals surface area contributed by atoms with Gasteiger partial charge in [-0.05, 0) is 42.0 Å². The molecule has 2 aromatic carbocycles. The Morgan fingerprint density at radius 3 is 2.21 bits per heavy atom. The lowest BCUT2D eigenvalue weighted by Crippen LogP contribution is -2.53. The first kappa shape index (κ1) is 29.0. The number of hydrogen-bond acceptors (Lipinski definition) is 6.